The molecule has 0 aromatic carbocycles. The average Bonchev–Trinajstić information content (AvgIpc) is 2.04. The molecule has 0 saturated heterocycles. The quantitative estimate of drug-likeness (QED) is 0.689. The van der Waals surface area contributed by atoms with Crippen LogP contribution in [0.3, 0.4) is 0 Å². The van der Waals surface area contributed by atoms with Crippen molar-refractivity contribution >= 4 is 5.97 Å². The van der Waals surface area contributed by atoms with E-state index < -0.39 is 11.6 Å². The van der Waals surface area contributed by atoms with Crippen LogP contribution in [0.4, 0.5) is 0 Å². The zero-order chi connectivity index (χ0) is 9.19. The zero-order valence-corrected chi connectivity index (χ0v) is 7.67. The molecule has 0 amide bonds. The summed E-state index contributed by atoms with van der Waals surface area (Å²) in [7, 11) is 1.49. The largest absolute Gasteiger partial charge is 0.479 e. The van der Waals surface area contributed by atoms with Crippen molar-refractivity contribution in [1.29, 1.82) is 0 Å². The van der Waals surface area contributed by atoms with E-state index in [0.717, 1.165) is 12.8 Å². The van der Waals surface area contributed by atoms with Crippen LogP contribution in [0.1, 0.15) is 32.6 Å². The van der Waals surface area contributed by atoms with Gasteiger partial charge in [-0.05, 0) is 25.2 Å². The van der Waals surface area contributed by atoms with Crippen LogP contribution in [-0.2, 0) is 9.53 Å². The van der Waals surface area contributed by atoms with Crippen molar-refractivity contribution in [3.63, 3.8) is 0 Å². The minimum absolute atomic E-state index is 0.467. The number of carbonyl (C=O) groups is 1. The highest BCUT2D eigenvalue weighted by Gasteiger charge is 2.41. The molecule has 12 heavy (non-hydrogen) atoms. The summed E-state index contributed by atoms with van der Waals surface area (Å²) < 4.78 is 5.11. The molecular formula is C9H16O3. The summed E-state index contributed by atoms with van der Waals surface area (Å²) in [5.41, 5.74) is -0.891. The SMILES string of the molecule is COC1(C(=O)O)CCCC(C)C1. The number of aliphatic carboxylic acids is 1. The van der Waals surface area contributed by atoms with Gasteiger partial charge < -0.3 is 9.84 Å². The predicted molar refractivity (Wildman–Crippen MR) is 45.0 cm³/mol. The van der Waals surface area contributed by atoms with Crippen LogP contribution >= 0.6 is 0 Å². The summed E-state index contributed by atoms with van der Waals surface area (Å²) in [5.74, 6) is -0.341. The highest BCUT2D eigenvalue weighted by atomic mass is 16.5. The van der Waals surface area contributed by atoms with Gasteiger partial charge in [-0.15, -0.1) is 0 Å². The number of ether oxygens (including phenoxy) is 1. The van der Waals surface area contributed by atoms with Crippen molar-refractivity contribution in [3.05, 3.63) is 0 Å². The molecule has 0 radical (unpaired) electrons. The van der Waals surface area contributed by atoms with Crippen LogP contribution in [0.2, 0.25) is 0 Å². The van der Waals surface area contributed by atoms with E-state index in [1.807, 2.05) is 0 Å². The molecule has 70 valence electrons. The number of methoxy groups -OCH3 is 1. The Morgan fingerprint density at radius 1 is 1.67 bits per heavy atom. The third-order valence-corrected chi connectivity index (χ3v) is 2.74. The van der Waals surface area contributed by atoms with Gasteiger partial charge in [0.1, 0.15) is 0 Å². The lowest BCUT2D eigenvalue weighted by atomic mass is 9.79. The van der Waals surface area contributed by atoms with Crippen LogP contribution in [0.5, 0.6) is 0 Å². The number of carboxylic acids is 1. The van der Waals surface area contributed by atoms with Crippen LogP contribution in [0.25, 0.3) is 0 Å². The molecule has 0 aromatic heterocycles. The monoisotopic (exact) mass is 172 g/mol. The summed E-state index contributed by atoms with van der Waals surface area (Å²) in [6.07, 6.45) is 3.39. The Kier molecular flexibility index (Phi) is 2.73. The molecule has 0 spiro atoms. The van der Waals surface area contributed by atoms with Crippen LogP contribution in [0, 0.1) is 5.92 Å². The third-order valence-electron chi connectivity index (χ3n) is 2.74. The van der Waals surface area contributed by atoms with Crippen LogP contribution in [-0.4, -0.2) is 23.8 Å². The first-order chi connectivity index (χ1) is 5.60. The second-order valence-corrected chi connectivity index (χ2v) is 3.71. The summed E-state index contributed by atoms with van der Waals surface area (Å²) in [6.45, 7) is 2.08. The molecule has 1 rings (SSSR count). The highest BCUT2D eigenvalue weighted by molar-refractivity contribution is 5.77. The Bertz CT molecular complexity index is 179. The first-order valence-corrected chi connectivity index (χ1v) is 4.39. The lowest BCUT2D eigenvalue weighted by molar-refractivity contribution is -0.168. The molecule has 3 heteroatoms. The van der Waals surface area contributed by atoms with Gasteiger partial charge in [-0.1, -0.05) is 13.3 Å². The molecule has 1 aliphatic carbocycles. The smallest absolute Gasteiger partial charge is 0.335 e. The lowest BCUT2D eigenvalue weighted by Gasteiger charge is -2.34. The van der Waals surface area contributed by atoms with Crippen LogP contribution in [0.15, 0.2) is 0 Å². The summed E-state index contributed by atoms with van der Waals surface area (Å²) in [6, 6.07) is 0. The number of rotatable bonds is 2. The predicted octanol–water partition coefficient (Wildman–Crippen LogP) is 1.67. The Morgan fingerprint density at radius 3 is 2.67 bits per heavy atom. The van der Waals surface area contributed by atoms with Crippen molar-refractivity contribution in [3.8, 4) is 0 Å². The minimum atomic E-state index is -0.891. The Morgan fingerprint density at radius 2 is 2.33 bits per heavy atom. The van der Waals surface area contributed by atoms with Crippen molar-refractivity contribution in [2.24, 2.45) is 5.92 Å². The number of carboxylic acid groups (broad SMARTS) is 1. The minimum Gasteiger partial charge on any atom is -0.479 e. The van der Waals surface area contributed by atoms with Gasteiger partial charge in [0, 0.05) is 7.11 Å². The second kappa shape index (κ2) is 3.44. The molecule has 1 aliphatic rings. The van der Waals surface area contributed by atoms with E-state index in [9.17, 15) is 4.79 Å². The summed E-state index contributed by atoms with van der Waals surface area (Å²) in [5, 5.41) is 8.98. The molecule has 3 nitrogen and oxygen atoms in total. The number of hydrogen-bond acceptors (Lipinski definition) is 2. The fraction of sp³-hybridized carbons (Fsp3) is 0.889. The first-order valence-electron chi connectivity index (χ1n) is 4.39. The summed E-state index contributed by atoms with van der Waals surface area (Å²) in [4.78, 5) is 10.9. The van der Waals surface area contributed by atoms with Gasteiger partial charge in [0.05, 0.1) is 0 Å². The second-order valence-electron chi connectivity index (χ2n) is 3.71. The van der Waals surface area contributed by atoms with Crippen molar-refractivity contribution < 1.29 is 14.6 Å². The Balaban J connectivity index is 2.71. The van der Waals surface area contributed by atoms with Gasteiger partial charge in [-0.25, -0.2) is 4.79 Å². The molecule has 2 atom stereocenters. The molecule has 0 aliphatic heterocycles. The standard InChI is InChI=1S/C9H16O3/c1-7-4-3-5-9(6-7,12-2)8(10)11/h7H,3-6H2,1-2H3,(H,10,11). The summed E-state index contributed by atoms with van der Waals surface area (Å²) >= 11 is 0. The molecule has 1 N–H and O–H groups in total. The number of hydrogen-bond donors (Lipinski definition) is 1. The van der Waals surface area contributed by atoms with E-state index in [1.54, 1.807) is 0 Å². The first kappa shape index (κ1) is 9.52. The van der Waals surface area contributed by atoms with Crippen molar-refractivity contribution in [2.75, 3.05) is 7.11 Å². The maximum absolute atomic E-state index is 10.9. The topological polar surface area (TPSA) is 46.5 Å². The average molecular weight is 172 g/mol. The van der Waals surface area contributed by atoms with Gasteiger partial charge in [0.2, 0.25) is 0 Å². The van der Waals surface area contributed by atoms with Gasteiger partial charge in [0.25, 0.3) is 0 Å². The highest BCUT2D eigenvalue weighted by Crippen LogP contribution is 2.34. The van der Waals surface area contributed by atoms with E-state index in [4.69, 9.17) is 9.84 Å². The molecule has 0 bridgehead atoms. The van der Waals surface area contributed by atoms with E-state index >= 15 is 0 Å². The Labute approximate surface area is 72.7 Å². The lowest BCUT2D eigenvalue weighted by Crippen LogP contribution is -2.44. The third kappa shape index (κ3) is 1.61. The van der Waals surface area contributed by atoms with Gasteiger partial charge >= 0.3 is 5.97 Å². The van der Waals surface area contributed by atoms with Gasteiger partial charge in [-0.3, -0.25) is 0 Å². The fourth-order valence-electron chi connectivity index (χ4n) is 1.97. The molecule has 2 unspecified atom stereocenters. The maximum atomic E-state index is 10.9. The maximum Gasteiger partial charge on any atom is 0.335 e. The molecule has 1 fully saturated rings. The van der Waals surface area contributed by atoms with E-state index in [2.05, 4.69) is 6.92 Å². The van der Waals surface area contributed by atoms with E-state index in [0.29, 0.717) is 18.8 Å². The molecule has 1 saturated carbocycles. The fourth-order valence-corrected chi connectivity index (χ4v) is 1.97. The van der Waals surface area contributed by atoms with E-state index in [-0.39, 0.29) is 0 Å². The molecular weight excluding hydrogens is 156 g/mol. The normalized spacial score (nSPS) is 36.3. The Hall–Kier alpha value is -0.570. The van der Waals surface area contributed by atoms with Gasteiger partial charge in [-0.2, -0.15) is 0 Å². The molecule has 0 heterocycles. The van der Waals surface area contributed by atoms with Crippen molar-refractivity contribution in [2.45, 2.75) is 38.2 Å². The zero-order valence-electron chi connectivity index (χ0n) is 7.67. The van der Waals surface area contributed by atoms with Crippen LogP contribution < -0.4 is 0 Å². The van der Waals surface area contributed by atoms with Gasteiger partial charge in [0.15, 0.2) is 5.60 Å². The van der Waals surface area contributed by atoms with Crippen molar-refractivity contribution in [1.82, 2.24) is 0 Å². The van der Waals surface area contributed by atoms with E-state index in [1.165, 1.54) is 7.11 Å². The molecule has 0 aromatic rings.